The molecule has 1 N–H and O–H groups in total. The van der Waals surface area contributed by atoms with Crippen LogP contribution >= 0.6 is 11.3 Å². The molecular weight excluding hydrogens is 412 g/mol. The van der Waals surface area contributed by atoms with Crippen molar-refractivity contribution in [3.8, 4) is 0 Å². The zero-order valence-corrected chi connectivity index (χ0v) is 19.2. The van der Waals surface area contributed by atoms with Gasteiger partial charge in [-0.1, -0.05) is 19.9 Å². The summed E-state index contributed by atoms with van der Waals surface area (Å²) in [6, 6.07) is 5.89. The van der Waals surface area contributed by atoms with Crippen molar-refractivity contribution in [2.75, 3.05) is 11.9 Å². The number of carbonyl (C=O) groups excluding carboxylic acids is 1. The zero-order chi connectivity index (χ0) is 22.0. The SMILES string of the molecule is Cc1nc(Nc2cccc([C@@H]3CCCN3C(=O)CCc3nnc(C(C)C)o3)n2)sc1C. The molecule has 0 spiro atoms. The lowest BCUT2D eigenvalue weighted by molar-refractivity contribution is -0.132. The molecule has 8 nitrogen and oxygen atoms in total. The number of nitrogens with one attached hydrogen (secondary N) is 1. The third-order valence-electron chi connectivity index (χ3n) is 5.48. The second kappa shape index (κ2) is 9.13. The Labute approximate surface area is 186 Å². The molecular formula is C22H28N6O2S. The number of carbonyl (C=O) groups is 1. The van der Waals surface area contributed by atoms with Crippen molar-refractivity contribution in [3.63, 3.8) is 0 Å². The summed E-state index contributed by atoms with van der Waals surface area (Å²) in [6.07, 6.45) is 2.69. The summed E-state index contributed by atoms with van der Waals surface area (Å²) >= 11 is 1.61. The number of hydrogen-bond donors (Lipinski definition) is 1. The van der Waals surface area contributed by atoms with Gasteiger partial charge in [-0.05, 0) is 38.8 Å². The molecule has 1 aliphatic heterocycles. The van der Waals surface area contributed by atoms with E-state index < -0.39 is 0 Å². The Hall–Kier alpha value is -2.81. The van der Waals surface area contributed by atoms with E-state index in [4.69, 9.17) is 9.40 Å². The van der Waals surface area contributed by atoms with E-state index in [2.05, 4.69) is 27.4 Å². The van der Waals surface area contributed by atoms with E-state index in [9.17, 15) is 4.79 Å². The first-order valence-corrected chi connectivity index (χ1v) is 11.5. The molecule has 0 bridgehead atoms. The summed E-state index contributed by atoms with van der Waals surface area (Å²) in [4.78, 5) is 25.4. The maximum Gasteiger partial charge on any atom is 0.223 e. The van der Waals surface area contributed by atoms with Crippen molar-refractivity contribution in [3.05, 3.63) is 46.2 Å². The molecule has 1 atom stereocenters. The second-order valence-corrected chi connectivity index (χ2v) is 9.37. The second-order valence-electron chi connectivity index (χ2n) is 8.17. The lowest BCUT2D eigenvalue weighted by atomic mass is 10.1. The molecule has 0 unspecified atom stereocenters. The van der Waals surface area contributed by atoms with Crippen LogP contribution in [0.2, 0.25) is 0 Å². The van der Waals surface area contributed by atoms with E-state index >= 15 is 0 Å². The van der Waals surface area contributed by atoms with Crippen molar-refractivity contribution in [2.24, 2.45) is 0 Å². The molecule has 3 aromatic rings. The standard InChI is InChI=1S/C22H28N6O2S/c1-13(2)21-27-26-19(30-21)10-11-20(29)28-12-6-8-17(28)16-7-5-9-18(24-16)25-22-23-14(3)15(4)31-22/h5,7,9,13,17H,6,8,10-12H2,1-4H3,(H,23,24,25)/t17-/m0/s1. The molecule has 9 heteroatoms. The van der Waals surface area contributed by atoms with Gasteiger partial charge >= 0.3 is 0 Å². The highest BCUT2D eigenvalue weighted by atomic mass is 32.1. The summed E-state index contributed by atoms with van der Waals surface area (Å²) < 4.78 is 5.63. The van der Waals surface area contributed by atoms with Gasteiger partial charge in [0.1, 0.15) is 5.82 Å². The minimum atomic E-state index is -0.0112. The third-order valence-corrected chi connectivity index (χ3v) is 6.47. The van der Waals surface area contributed by atoms with E-state index in [0.29, 0.717) is 24.6 Å². The Morgan fingerprint density at radius 1 is 1.29 bits per heavy atom. The molecule has 31 heavy (non-hydrogen) atoms. The van der Waals surface area contributed by atoms with Crippen LogP contribution in [0, 0.1) is 13.8 Å². The van der Waals surface area contributed by atoms with Crippen LogP contribution in [0.1, 0.15) is 73.1 Å². The lowest BCUT2D eigenvalue weighted by Crippen LogP contribution is -2.31. The number of aromatic nitrogens is 4. The highest BCUT2D eigenvalue weighted by Gasteiger charge is 2.31. The number of amides is 1. The van der Waals surface area contributed by atoms with Crippen LogP contribution in [0.4, 0.5) is 10.9 Å². The van der Waals surface area contributed by atoms with Gasteiger partial charge in [0.15, 0.2) is 5.13 Å². The number of rotatable bonds is 7. The van der Waals surface area contributed by atoms with Crippen LogP contribution < -0.4 is 5.32 Å². The topological polar surface area (TPSA) is 97.0 Å². The van der Waals surface area contributed by atoms with Crippen molar-refractivity contribution in [1.82, 2.24) is 25.1 Å². The molecule has 0 aliphatic carbocycles. The molecule has 0 saturated carbocycles. The minimum Gasteiger partial charge on any atom is -0.425 e. The minimum absolute atomic E-state index is 0.0112. The summed E-state index contributed by atoms with van der Waals surface area (Å²) in [5, 5.41) is 12.2. The third kappa shape index (κ3) is 4.92. The van der Waals surface area contributed by atoms with Gasteiger partial charge < -0.3 is 14.6 Å². The number of hydrogen-bond acceptors (Lipinski definition) is 8. The van der Waals surface area contributed by atoms with Gasteiger partial charge in [-0.3, -0.25) is 4.79 Å². The van der Waals surface area contributed by atoms with Crippen molar-refractivity contribution in [2.45, 2.75) is 65.3 Å². The molecule has 0 radical (unpaired) electrons. The number of thiazole rings is 1. The van der Waals surface area contributed by atoms with Crippen LogP contribution in [0.3, 0.4) is 0 Å². The fourth-order valence-corrected chi connectivity index (χ4v) is 4.50. The van der Waals surface area contributed by atoms with Gasteiger partial charge in [0, 0.05) is 30.2 Å². The molecule has 164 valence electrons. The maximum absolute atomic E-state index is 12.9. The fourth-order valence-electron chi connectivity index (χ4n) is 3.67. The van der Waals surface area contributed by atoms with Crippen LogP contribution in [0.15, 0.2) is 22.6 Å². The summed E-state index contributed by atoms with van der Waals surface area (Å²) in [7, 11) is 0. The van der Waals surface area contributed by atoms with Gasteiger partial charge in [-0.25, -0.2) is 9.97 Å². The first-order valence-electron chi connectivity index (χ1n) is 10.7. The van der Waals surface area contributed by atoms with E-state index in [1.807, 2.05) is 43.9 Å². The molecule has 1 aliphatic rings. The van der Waals surface area contributed by atoms with Crippen molar-refractivity contribution >= 4 is 28.2 Å². The fraction of sp³-hybridized carbons (Fsp3) is 0.500. The van der Waals surface area contributed by atoms with E-state index in [1.165, 1.54) is 4.88 Å². The monoisotopic (exact) mass is 440 g/mol. The Morgan fingerprint density at radius 3 is 2.84 bits per heavy atom. The normalized spacial score (nSPS) is 16.3. The lowest BCUT2D eigenvalue weighted by Gasteiger charge is -2.24. The molecule has 1 fully saturated rings. The highest BCUT2D eigenvalue weighted by Crippen LogP contribution is 2.33. The van der Waals surface area contributed by atoms with Crippen molar-refractivity contribution < 1.29 is 9.21 Å². The van der Waals surface area contributed by atoms with Gasteiger partial charge in [-0.15, -0.1) is 21.5 Å². The van der Waals surface area contributed by atoms with Gasteiger partial charge in [0.25, 0.3) is 0 Å². The number of nitrogens with zero attached hydrogens (tertiary/aromatic N) is 5. The van der Waals surface area contributed by atoms with Crippen LogP contribution in [-0.2, 0) is 11.2 Å². The molecule has 4 rings (SSSR count). The molecule has 4 heterocycles. The molecule has 1 saturated heterocycles. The Morgan fingerprint density at radius 2 is 2.13 bits per heavy atom. The van der Waals surface area contributed by atoms with Gasteiger partial charge in [0.05, 0.1) is 17.4 Å². The van der Waals surface area contributed by atoms with Crippen molar-refractivity contribution in [1.29, 1.82) is 0 Å². The van der Waals surface area contributed by atoms with E-state index in [-0.39, 0.29) is 17.9 Å². The molecule has 1 amide bonds. The first-order chi connectivity index (χ1) is 14.9. The van der Waals surface area contributed by atoms with Crippen LogP contribution in [0.5, 0.6) is 0 Å². The number of likely N-dealkylation sites (tertiary alicyclic amines) is 1. The average Bonchev–Trinajstić information content (AvgIpc) is 3.47. The first kappa shape index (κ1) is 21.4. The van der Waals surface area contributed by atoms with Crippen LogP contribution in [0.25, 0.3) is 0 Å². The summed E-state index contributed by atoms with van der Waals surface area (Å²) in [5.74, 6) is 2.16. The quantitative estimate of drug-likeness (QED) is 0.568. The molecule has 3 aromatic heterocycles. The number of anilines is 2. The summed E-state index contributed by atoms with van der Waals surface area (Å²) in [6.45, 7) is 8.81. The van der Waals surface area contributed by atoms with Gasteiger partial charge in [0.2, 0.25) is 17.7 Å². The highest BCUT2D eigenvalue weighted by molar-refractivity contribution is 7.15. The number of pyridine rings is 1. The number of aryl methyl sites for hydroxylation is 3. The zero-order valence-electron chi connectivity index (χ0n) is 18.4. The smallest absolute Gasteiger partial charge is 0.223 e. The summed E-state index contributed by atoms with van der Waals surface area (Å²) in [5.41, 5.74) is 1.93. The average molecular weight is 441 g/mol. The Kier molecular flexibility index (Phi) is 6.31. The Balaban J connectivity index is 1.42. The predicted molar refractivity (Wildman–Crippen MR) is 120 cm³/mol. The Bertz CT molecular complexity index is 1040. The molecule has 0 aromatic carbocycles. The van der Waals surface area contributed by atoms with Crippen LogP contribution in [-0.4, -0.2) is 37.5 Å². The predicted octanol–water partition coefficient (Wildman–Crippen LogP) is 4.70. The van der Waals surface area contributed by atoms with Gasteiger partial charge in [-0.2, -0.15) is 0 Å². The largest absolute Gasteiger partial charge is 0.425 e. The maximum atomic E-state index is 12.9. The van der Waals surface area contributed by atoms with E-state index in [0.717, 1.165) is 41.7 Å². The van der Waals surface area contributed by atoms with E-state index in [1.54, 1.807) is 11.3 Å².